The van der Waals surface area contributed by atoms with Crippen LogP contribution in [0.15, 0.2) is 12.2 Å². The van der Waals surface area contributed by atoms with Gasteiger partial charge in [0.2, 0.25) is 5.60 Å². The quantitative estimate of drug-likeness (QED) is 0.0198. The Balaban J connectivity index is 4.99. The van der Waals surface area contributed by atoms with Crippen LogP contribution < -0.4 is 0 Å². The van der Waals surface area contributed by atoms with E-state index in [1.54, 1.807) is 0 Å². The highest BCUT2D eigenvalue weighted by molar-refractivity contribution is 6.16. The molecule has 0 saturated heterocycles. The zero-order valence-corrected chi connectivity index (χ0v) is 35.7. The van der Waals surface area contributed by atoms with Crippen LogP contribution in [0.2, 0.25) is 0 Å². The number of ketones is 4. The first-order valence-corrected chi connectivity index (χ1v) is 22.8. The van der Waals surface area contributed by atoms with Gasteiger partial charge in [-0.2, -0.15) is 0 Å². The number of carbonyl (C=O) groups is 4. The highest BCUT2D eigenvalue weighted by atomic mass is 16.4. The second kappa shape index (κ2) is 35.2. The van der Waals surface area contributed by atoms with Crippen LogP contribution in [0.5, 0.6) is 0 Å². The Kier molecular flexibility index (Phi) is 34.0. The molecule has 0 aliphatic rings. The van der Waals surface area contributed by atoms with E-state index in [0.717, 1.165) is 57.8 Å². The summed E-state index contributed by atoms with van der Waals surface area (Å²) >= 11 is 0. The number of carbonyl (C=O) groups excluding carboxylic acids is 4. The van der Waals surface area contributed by atoms with Crippen LogP contribution in [0.25, 0.3) is 0 Å². The van der Waals surface area contributed by atoms with Crippen molar-refractivity contribution in [2.45, 2.75) is 243 Å². The van der Waals surface area contributed by atoms with E-state index in [2.05, 4.69) is 26.0 Å². The van der Waals surface area contributed by atoms with E-state index in [4.69, 9.17) is 5.11 Å². The van der Waals surface area contributed by atoms with Crippen LogP contribution in [0.1, 0.15) is 219 Å². The summed E-state index contributed by atoms with van der Waals surface area (Å²) in [4.78, 5) is 52.9. The number of rotatable bonds is 42. The predicted octanol–water partition coefficient (Wildman–Crippen LogP) is 8.51. The van der Waals surface area contributed by atoms with Gasteiger partial charge in [0.25, 0.3) is 0 Å². The lowest BCUT2D eigenvalue weighted by Gasteiger charge is -2.39. The molecule has 0 aromatic heterocycles. The zero-order chi connectivity index (χ0) is 41.9. The molecule has 0 aromatic carbocycles. The molecule has 56 heavy (non-hydrogen) atoms. The average molecular weight is 797 g/mol. The van der Waals surface area contributed by atoms with Gasteiger partial charge in [-0.25, -0.2) is 0 Å². The van der Waals surface area contributed by atoms with Crippen molar-refractivity contribution in [3.63, 3.8) is 0 Å². The van der Waals surface area contributed by atoms with E-state index < -0.39 is 72.6 Å². The van der Waals surface area contributed by atoms with Gasteiger partial charge in [-0.1, -0.05) is 167 Å². The molecule has 328 valence electrons. The summed E-state index contributed by atoms with van der Waals surface area (Å²) in [6.07, 6.45) is 28.7. The lowest BCUT2D eigenvalue weighted by molar-refractivity contribution is -0.194. The molecule has 10 heteroatoms. The summed E-state index contributed by atoms with van der Waals surface area (Å²) in [5.41, 5.74) is -6.40. The zero-order valence-electron chi connectivity index (χ0n) is 35.7. The van der Waals surface area contributed by atoms with Crippen molar-refractivity contribution in [3.05, 3.63) is 12.2 Å². The standard InChI is InChI=1S/C46H84O10/c1-3-5-7-9-11-13-15-17-18-19-20-22-23-25-27-29-31-33-41(51)45(55,38-48)46(56,43(53)36-35-39(49)44(54)40(50)37-47)42(52)34-32-30-28-26-24-21-16-14-12-10-8-6-4-2/h14,16,40,44,47-48,50,54-56H,3-13,15,17-38H2,1-2H3/b16-14+. The molecule has 4 atom stereocenters. The Labute approximate surface area is 340 Å². The van der Waals surface area contributed by atoms with Crippen molar-refractivity contribution in [3.8, 4) is 0 Å². The predicted molar refractivity (Wildman–Crippen MR) is 224 cm³/mol. The van der Waals surface area contributed by atoms with Gasteiger partial charge in [0.05, 0.1) is 13.2 Å². The molecular weight excluding hydrogens is 712 g/mol. The van der Waals surface area contributed by atoms with Gasteiger partial charge in [0, 0.05) is 25.7 Å². The number of Topliss-reactive ketones (excluding diaryl/α,β-unsaturated/α-hetero) is 4. The van der Waals surface area contributed by atoms with E-state index in [0.29, 0.717) is 19.3 Å². The lowest BCUT2D eigenvalue weighted by Crippen LogP contribution is -2.69. The van der Waals surface area contributed by atoms with Crippen LogP contribution in [0.3, 0.4) is 0 Å². The topological polar surface area (TPSA) is 190 Å². The normalized spacial score (nSPS) is 15.1. The van der Waals surface area contributed by atoms with Crippen molar-refractivity contribution in [2.75, 3.05) is 13.2 Å². The summed E-state index contributed by atoms with van der Waals surface area (Å²) < 4.78 is 0. The molecular formula is C46H84O10. The highest BCUT2D eigenvalue weighted by Crippen LogP contribution is 2.32. The first-order valence-electron chi connectivity index (χ1n) is 22.8. The minimum atomic E-state index is -3.30. The molecule has 0 aliphatic carbocycles. The van der Waals surface area contributed by atoms with Crippen molar-refractivity contribution < 1.29 is 49.8 Å². The molecule has 0 rings (SSSR count). The summed E-state index contributed by atoms with van der Waals surface area (Å²) in [5, 5.41) is 62.0. The number of aliphatic hydroxyl groups is 6. The van der Waals surface area contributed by atoms with Crippen molar-refractivity contribution in [2.24, 2.45) is 0 Å². The lowest BCUT2D eigenvalue weighted by atomic mass is 9.71. The van der Waals surface area contributed by atoms with Gasteiger partial charge in [-0.15, -0.1) is 0 Å². The first kappa shape index (κ1) is 54.2. The van der Waals surface area contributed by atoms with Crippen molar-refractivity contribution >= 4 is 23.1 Å². The maximum Gasteiger partial charge on any atom is 0.219 e. The summed E-state index contributed by atoms with van der Waals surface area (Å²) in [6, 6.07) is 0. The van der Waals surface area contributed by atoms with Gasteiger partial charge in [-0.3, -0.25) is 19.2 Å². The van der Waals surface area contributed by atoms with Gasteiger partial charge in [0.1, 0.15) is 12.2 Å². The van der Waals surface area contributed by atoms with Gasteiger partial charge in [0.15, 0.2) is 28.7 Å². The number of allylic oxidation sites excluding steroid dienone is 2. The van der Waals surface area contributed by atoms with Crippen LogP contribution in [-0.2, 0) is 19.2 Å². The van der Waals surface area contributed by atoms with E-state index >= 15 is 0 Å². The Morgan fingerprint density at radius 2 is 0.804 bits per heavy atom. The molecule has 0 fully saturated rings. The molecule has 6 N–H and O–H groups in total. The molecule has 0 radical (unpaired) electrons. The molecule has 0 heterocycles. The fourth-order valence-electron chi connectivity index (χ4n) is 7.30. The SMILES string of the molecule is CCCCCC/C=C/CCCCCCCC(=O)C(O)(C(=O)CCC(=O)C(O)C(O)CO)C(O)(CO)C(=O)CCCCCCCCCCCCCCCCCCC. The molecule has 10 nitrogen and oxygen atoms in total. The van der Waals surface area contributed by atoms with E-state index in [1.165, 1.54) is 96.3 Å². The molecule has 0 spiro atoms. The summed E-state index contributed by atoms with van der Waals surface area (Å²) in [6.45, 7) is 2.16. The minimum absolute atomic E-state index is 0.258. The monoisotopic (exact) mass is 797 g/mol. The number of aliphatic hydroxyl groups excluding tert-OH is 4. The smallest absolute Gasteiger partial charge is 0.219 e. The summed E-state index contributed by atoms with van der Waals surface area (Å²) in [7, 11) is 0. The second-order valence-corrected chi connectivity index (χ2v) is 16.2. The maximum absolute atomic E-state index is 13.6. The number of hydrogen-bond donors (Lipinski definition) is 6. The molecule has 4 unspecified atom stereocenters. The molecule has 0 aliphatic heterocycles. The number of hydrogen-bond acceptors (Lipinski definition) is 10. The Hall–Kier alpha value is -1.82. The molecule has 0 saturated carbocycles. The van der Waals surface area contributed by atoms with E-state index in [9.17, 15) is 44.7 Å². The van der Waals surface area contributed by atoms with Crippen LogP contribution in [0.4, 0.5) is 0 Å². The average Bonchev–Trinajstić information content (AvgIpc) is 3.20. The Morgan fingerprint density at radius 1 is 0.464 bits per heavy atom. The Morgan fingerprint density at radius 3 is 1.20 bits per heavy atom. The first-order chi connectivity index (χ1) is 27.0. The van der Waals surface area contributed by atoms with Crippen LogP contribution >= 0.6 is 0 Å². The molecule has 0 aromatic rings. The van der Waals surface area contributed by atoms with Gasteiger partial charge < -0.3 is 30.6 Å². The van der Waals surface area contributed by atoms with E-state index in [1.807, 2.05) is 0 Å². The van der Waals surface area contributed by atoms with Gasteiger partial charge in [-0.05, 0) is 38.5 Å². The van der Waals surface area contributed by atoms with Crippen LogP contribution in [-0.4, -0.2) is 90.4 Å². The highest BCUT2D eigenvalue weighted by Gasteiger charge is 2.62. The van der Waals surface area contributed by atoms with E-state index in [-0.39, 0.29) is 19.3 Å². The number of unbranched alkanes of at least 4 members (excludes halogenated alkanes) is 25. The second-order valence-electron chi connectivity index (χ2n) is 16.2. The maximum atomic E-state index is 13.6. The molecule has 0 bridgehead atoms. The third-order valence-electron chi connectivity index (χ3n) is 11.2. The largest absolute Gasteiger partial charge is 0.394 e. The van der Waals surface area contributed by atoms with Crippen molar-refractivity contribution in [1.29, 1.82) is 0 Å². The molecule has 0 amide bonds. The van der Waals surface area contributed by atoms with Crippen molar-refractivity contribution in [1.82, 2.24) is 0 Å². The third-order valence-corrected chi connectivity index (χ3v) is 11.2. The van der Waals surface area contributed by atoms with Gasteiger partial charge >= 0.3 is 0 Å². The van der Waals surface area contributed by atoms with Crippen LogP contribution in [0, 0.1) is 0 Å². The fourth-order valence-corrected chi connectivity index (χ4v) is 7.30. The third kappa shape index (κ3) is 22.9. The summed E-state index contributed by atoms with van der Waals surface area (Å²) in [5.74, 6) is -4.48. The minimum Gasteiger partial charge on any atom is -0.394 e. The Bertz CT molecular complexity index is 1040. The fraction of sp³-hybridized carbons (Fsp3) is 0.870.